The predicted molar refractivity (Wildman–Crippen MR) is 51.4 cm³/mol. The lowest BCUT2D eigenvalue weighted by molar-refractivity contribution is -0.130. The summed E-state index contributed by atoms with van der Waals surface area (Å²) in [4.78, 5) is 13.3. The van der Waals surface area contributed by atoms with Crippen molar-refractivity contribution in [3.05, 3.63) is 12.2 Å². The summed E-state index contributed by atoms with van der Waals surface area (Å²) < 4.78 is 5.23. The molecule has 1 aliphatic rings. The molecule has 1 amide bonds. The number of ether oxygens (including phenoxy) is 1. The fraction of sp³-hybridized carbons (Fsp3) is 0.700. The van der Waals surface area contributed by atoms with Crippen LogP contribution >= 0.6 is 0 Å². The van der Waals surface area contributed by atoms with Crippen LogP contribution in [0.1, 0.15) is 19.8 Å². The van der Waals surface area contributed by atoms with Crippen molar-refractivity contribution < 1.29 is 9.53 Å². The molecule has 1 saturated heterocycles. The zero-order chi connectivity index (χ0) is 9.84. The monoisotopic (exact) mass is 183 g/mol. The van der Waals surface area contributed by atoms with Gasteiger partial charge in [-0.15, -0.1) is 0 Å². The Balaban J connectivity index is 2.51. The van der Waals surface area contributed by atoms with Gasteiger partial charge in [-0.1, -0.05) is 6.58 Å². The van der Waals surface area contributed by atoms with E-state index < -0.39 is 0 Å². The van der Waals surface area contributed by atoms with E-state index in [2.05, 4.69) is 6.58 Å². The standard InChI is InChI=1S/C10H17NO2/c1-8(2)10(12)11-6-4-5-9(7-11)13-3/h9H,1,4-7H2,2-3H3. The molecule has 3 nitrogen and oxygen atoms in total. The highest BCUT2D eigenvalue weighted by Crippen LogP contribution is 2.14. The second kappa shape index (κ2) is 4.42. The minimum Gasteiger partial charge on any atom is -0.380 e. The van der Waals surface area contributed by atoms with E-state index in [-0.39, 0.29) is 12.0 Å². The van der Waals surface area contributed by atoms with E-state index in [9.17, 15) is 4.79 Å². The van der Waals surface area contributed by atoms with Crippen molar-refractivity contribution in [1.82, 2.24) is 4.90 Å². The Kier molecular flexibility index (Phi) is 3.48. The minimum atomic E-state index is 0.0572. The highest BCUT2D eigenvalue weighted by Gasteiger charge is 2.23. The first-order valence-electron chi connectivity index (χ1n) is 4.62. The van der Waals surface area contributed by atoms with Gasteiger partial charge in [0.2, 0.25) is 5.91 Å². The van der Waals surface area contributed by atoms with Crippen LogP contribution in [0.2, 0.25) is 0 Å². The molecule has 1 atom stereocenters. The van der Waals surface area contributed by atoms with Crippen molar-refractivity contribution in [3.63, 3.8) is 0 Å². The number of amides is 1. The van der Waals surface area contributed by atoms with Crippen molar-refractivity contribution in [2.24, 2.45) is 0 Å². The minimum absolute atomic E-state index is 0.0572. The normalized spacial score (nSPS) is 22.9. The van der Waals surface area contributed by atoms with Crippen molar-refractivity contribution in [3.8, 4) is 0 Å². The number of likely N-dealkylation sites (tertiary alicyclic amines) is 1. The van der Waals surface area contributed by atoms with Crippen LogP contribution in [0.3, 0.4) is 0 Å². The van der Waals surface area contributed by atoms with Gasteiger partial charge in [0.15, 0.2) is 0 Å². The fourth-order valence-electron chi connectivity index (χ4n) is 1.58. The Morgan fingerprint density at radius 1 is 1.62 bits per heavy atom. The number of hydrogen-bond donors (Lipinski definition) is 0. The summed E-state index contributed by atoms with van der Waals surface area (Å²) in [6, 6.07) is 0. The molecule has 0 aliphatic carbocycles. The molecule has 0 aromatic carbocycles. The summed E-state index contributed by atoms with van der Waals surface area (Å²) in [6.45, 7) is 6.95. The fourth-order valence-corrected chi connectivity index (χ4v) is 1.58. The summed E-state index contributed by atoms with van der Waals surface area (Å²) in [5.41, 5.74) is 0.608. The maximum atomic E-state index is 11.5. The average Bonchev–Trinajstić information content (AvgIpc) is 2.16. The SMILES string of the molecule is C=C(C)C(=O)N1CCCC(OC)C1. The molecule has 0 radical (unpaired) electrons. The highest BCUT2D eigenvalue weighted by molar-refractivity contribution is 5.92. The molecule has 0 saturated carbocycles. The molecule has 1 heterocycles. The van der Waals surface area contributed by atoms with Crippen molar-refractivity contribution in [1.29, 1.82) is 0 Å². The first-order chi connectivity index (χ1) is 6.15. The molecule has 0 spiro atoms. The first kappa shape index (κ1) is 10.3. The number of methoxy groups -OCH3 is 1. The number of piperidine rings is 1. The molecule has 0 aromatic rings. The first-order valence-corrected chi connectivity index (χ1v) is 4.62. The van der Waals surface area contributed by atoms with Crippen LogP contribution in [-0.4, -0.2) is 37.1 Å². The van der Waals surface area contributed by atoms with Crippen LogP contribution in [-0.2, 0) is 9.53 Å². The third kappa shape index (κ3) is 2.56. The quantitative estimate of drug-likeness (QED) is 0.602. The van der Waals surface area contributed by atoms with Crippen LogP contribution in [0.25, 0.3) is 0 Å². The predicted octanol–water partition coefficient (Wildman–Crippen LogP) is 1.20. The number of carbonyl (C=O) groups excluding carboxylic acids is 1. The van der Waals surface area contributed by atoms with Gasteiger partial charge in [-0.05, 0) is 19.8 Å². The number of nitrogens with zero attached hydrogens (tertiary/aromatic N) is 1. The molecular formula is C10H17NO2. The Morgan fingerprint density at radius 3 is 2.85 bits per heavy atom. The molecule has 3 heteroatoms. The van der Waals surface area contributed by atoms with Gasteiger partial charge in [0.05, 0.1) is 6.10 Å². The van der Waals surface area contributed by atoms with E-state index in [1.807, 2.05) is 4.90 Å². The molecule has 1 rings (SSSR count). The topological polar surface area (TPSA) is 29.5 Å². The van der Waals surface area contributed by atoms with E-state index in [0.29, 0.717) is 12.1 Å². The molecule has 1 unspecified atom stereocenters. The van der Waals surface area contributed by atoms with Crippen LogP contribution in [0, 0.1) is 0 Å². The third-order valence-electron chi connectivity index (χ3n) is 2.36. The van der Waals surface area contributed by atoms with Gasteiger partial charge in [-0.3, -0.25) is 4.79 Å². The van der Waals surface area contributed by atoms with Crippen LogP contribution in [0.5, 0.6) is 0 Å². The lowest BCUT2D eigenvalue weighted by Crippen LogP contribution is -2.43. The molecule has 74 valence electrons. The van der Waals surface area contributed by atoms with E-state index in [1.165, 1.54) is 0 Å². The van der Waals surface area contributed by atoms with Gasteiger partial charge >= 0.3 is 0 Å². The van der Waals surface area contributed by atoms with Crippen LogP contribution in [0.4, 0.5) is 0 Å². The summed E-state index contributed by atoms with van der Waals surface area (Å²) in [5.74, 6) is 0.0572. The Hall–Kier alpha value is -0.830. The Bertz CT molecular complexity index is 213. The zero-order valence-electron chi connectivity index (χ0n) is 8.38. The third-order valence-corrected chi connectivity index (χ3v) is 2.36. The van der Waals surface area contributed by atoms with Gasteiger partial charge < -0.3 is 9.64 Å². The van der Waals surface area contributed by atoms with Crippen molar-refractivity contribution in [2.45, 2.75) is 25.9 Å². The number of rotatable bonds is 2. The second-order valence-electron chi connectivity index (χ2n) is 3.53. The molecule has 0 aromatic heterocycles. The summed E-state index contributed by atoms with van der Waals surface area (Å²) in [5, 5.41) is 0. The van der Waals surface area contributed by atoms with Gasteiger partial charge in [0.25, 0.3) is 0 Å². The molecule has 13 heavy (non-hydrogen) atoms. The lowest BCUT2D eigenvalue weighted by Gasteiger charge is -2.31. The van der Waals surface area contributed by atoms with Crippen LogP contribution in [0.15, 0.2) is 12.2 Å². The van der Waals surface area contributed by atoms with E-state index >= 15 is 0 Å². The van der Waals surface area contributed by atoms with Gasteiger partial charge in [-0.25, -0.2) is 0 Å². The van der Waals surface area contributed by atoms with Crippen molar-refractivity contribution >= 4 is 5.91 Å². The van der Waals surface area contributed by atoms with E-state index in [1.54, 1.807) is 14.0 Å². The van der Waals surface area contributed by atoms with E-state index in [0.717, 1.165) is 19.4 Å². The largest absolute Gasteiger partial charge is 0.380 e. The van der Waals surface area contributed by atoms with Gasteiger partial charge in [-0.2, -0.15) is 0 Å². The summed E-state index contributed by atoms with van der Waals surface area (Å²) in [7, 11) is 1.69. The van der Waals surface area contributed by atoms with E-state index in [4.69, 9.17) is 4.74 Å². The highest BCUT2D eigenvalue weighted by atomic mass is 16.5. The van der Waals surface area contributed by atoms with Crippen LogP contribution < -0.4 is 0 Å². The average molecular weight is 183 g/mol. The smallest absolute Gasteiger partial charge is 0.248 e. The Labute approximate surface area is 79.4 Å². The lowest BCUT2D eigenvalue weighted by atomic mass is 10.1. The summed E-state index contributed by atoms with van der Waals surface area (Å²) >= 11 is 0. The maximum Gasteiger partial charge on any atom is 0.248 e. The maximum absolute atomic E-state index is 11.5. The Morgan fingerprint density at radius 2 is 2.31 bits per heavy atom. The number of carbonyl (C=O) groups is 1. The van der Waals surface area contributed by atoms with Gasteiger partial charge in [0, 0.05) is 25.8 Å². The number of hydrogen-bond acceptors (Lipinski definition) is 2. The molecular weight excluding hydrogens is 166 g/mol. The van der Waals surface area contributed by atoms with Gasteiger partial charge in [0.1, 0.15) is 0 Å². The molecule has 1 fully saturated rings. The molecule has 0 bridgehead atoms. The molecule has 1 aliphatic heterocycles. The summed E-state index contributed by atoms with van der Waals surface area (Å²) in [6.07, 6.45) is 2.28. The molecule has 0 N–H and O–H groups in total. The zero-order valence-corrected chi connectivity index (χ0v) is 8.38. The second-order valence-corrected chi connectivity index (χ2v) is 3.53. The van der Waals surface area contributed by atoms with Crippen molar-refractivity contribution in [2.75, 3.05) is 20.2 Å².